The fourth-order valence-electron chi connectivity index (χ4n) is 1.66. The monoisotopic (exact) mass is 297 g/mol. The zero-order chi connectivity index (χ0) is 15.1. The van der Waals surface area contributed by atoms with Gasteiger partial charge >= 0.3 is 0 Å². The van der Waals surface area contributed by atoms with Crippen LogP contribution in [0.2, 0.25) is 5.02 Å². The molecule has 1 rings (SSSR count). The van der Waals surface area contributed by atoms with E-state index in [-0.39, 0.29) is 11.8 Å². The summed E-state index contributed by atoms with van der Waals surface area (Å²) in [7, 11) is 1.72. The third kappa shape index (κ3) is 4.42. The first-order chi connectivity index (χ1) is 9.49. The predicted octanol–water partition coefficient (Wildman–Crippen LogP) is 2.03. The highest BCUT2D eigenvalue weighted by atomic mass is 35.5. The number of carbonyl (C=O) groups is 2. The van der Waals surface area contributed by atoms with E-state index in [1.165, 1.54) is 0 Å². The summed E-state index contributed by atoms with van der Waals surface area (Å²) in [4.78, 5) is 23.9. The maximum absolute atomic E-state index is 12.2. The first-order valence-electron chi connectivity index (χ1n) is 6.55. The Balaban J connectivity index is 2.75. The largest absolute Gasteiger partial charge is 0.387 e. The maximum atomic E-state index is 12.2. The van der Waals surface area contributed by atoms with Crippen molar-refractivity contribution in [2.24, 2.45) is 0 Å². The van der Waals surface area contributed by atoms with Crippen LogP contribution < -0.4 is 16.0 Å². The van der Waals surface area contributed by atoms with Crippen LogP contribution in [0.3, 0.4) is 0 Å². The van der Waals surface area contributed by atoms with Gasteiger partial charge in [-0.25, -0.2) is 0 Å². The molecule has 5 nitrogen and oxygen atoms in total. The number of halogens is 1. The van der Waals surface area contributed by atoms with Crippen molar-refractivity contribution < 1.29 is 9.59 Å². The van der Waals surface area contributed by atoms with Crippen molar-refractivity contribution in [3.63, 3.8) is 0 Å². The molecule has 1 aromatic carbocycles. The number of anilines is 1. The van der Waals surface area contributed by atoms with Crippen LogP contribution in [0.5, 0.6) is 0 Å². The van der Waals surface area contributed by atoms with Gasteiger partial charge in [-0.15, -0.1) is 0 Å². The summed E-state index contributed by atoms with van der Waals surface area (Å²) in [6, 6.07) is 4.39. The lowest BCUT2D eigenvalue weighted by Crippen LogP contribution is -2.45. The first kappa shape index (κ1) is 16.3. The molecule has 1 unspecified atom stereocenters. The number of rotatable bonds is 6. The highest BCUT2D eigenvalue weighted by molar-refractivity contribution is 6.31. The van der Waals surface area contributed by atoms with Gasteiger partial charge in [0.15, 0.2) is 0 Å². The van der Waals surface area contributed by atoms with Gasteiger partial charge in [0.2, 0.25) is 5.91 Å². The van der Waals surface area contributed by atoms with Crippen LogP contribution in [-0.2, 0) is 4.79 Å². The second-order valence-corrected chi connectivity index (χ2v) is 4.86. The van der Waals surface area contributed by atoms with E-state index in [9.17, 15) is 9.59 Å². The first-order valence-corrected chi connectivity index (χ1v) is 6.93. The minimum absolute atomic E-state index is 0.201. The van der Waals surface area contributed by atoms with Gasteiger partial charge in [0.25, 0.3) is 5.91 Å². The summed E-state index contributed by atoms with van der Waals surface area (Å²) in [5, 5.41) is 8.78. The number of carbonyl (C=O) groups excluding carboxylic acids is 2. The SMILES string of the molecule is CCCNC(=O)C(C)NC(=O)c1cc(Cl)ccc1NC. The smallest absolute Gasteiger partial charge is 0.254 e. The van der Waals surface area contributed by atoms with Gasteiger partial charge in [0.05, 0.1) is 5.56 Å². The van der Waals surface area contributed by atoms with Gasteiger partial charge in [-0.3, -0.25) is 9.59 Å². The molecule has 0 aliphatic rings. The summed E-state index contributed by atoms with van der Waals surface area (Å²) in [6.07, 6.45) is 0.852. The molecule has 0 saturated heterocycles. The third-order valence-electron chi connectivity index (χ3n) is 2.79. The van der Waals surface area contributed by atoms with E-state index in [0.29, 0.717) is 22.8 Å². The minimum atomic E-state index is -0.599. The van der Waals surface area contributed by atoms with Crippen LogP contribution >= 0.6 is 11.6 Å². The van der Waals surface area contributed by atoms with Crippen LogP contribution in [-0.4, -0.2) is 31.4 Å². The van der Waals surface area contributed by atoms with E-state index in [1.807, 2.05) is 6.92 Å². The molecule has 0 aliphatic heterocycles. The number of hydrogen-bond acceptors (Lipinski definition) is 3. The highest BCUT2D eigenvalue weighted by Gasteiger charge is 2.18. The Morgan fingerprint density at radius 1 is 1.35 bits per heavy atom. The molecule has 0 fully saturated rings. The molecule has 1 atom stereocenters. The van der Waals surface area contributed by atoms with Crippen molar-refractivity contribution in [1.29, 1.82) is 0 Å². The average Bonchev–Trinajstić information content (AvgIpc) is 2.44. The topological polar surface area (TPSA) is 70.2 Å². The van der Waals surface area contributed by atoms with E-state index in [1.54, 1.807) is 32.2 Å². The Hall–Kier alpha value is -1.75. The van der Waals surface area contributed by atoms with Gasteiger partial charge in [0, 0.05) is 24.3 Å². The molecule has 2 amide bonds. The lowest BCUT2D eigenvalue weighted by Gasteiger charge is -2.15. The van der Waals surface area contributed by atoms with Crippen LogP contribution in [0.1, 0.15) is 30.6 Å². The molecule has 0 saturated carbocycles. The molecular weight excluding hydrogens is 278 g/mol. The van der Waals surface area contributed by atoms with Crippen molar-refractivity contribution in [2.45, 2.75) is 26.3 Å². The zero-order valence-corrected chi connectivity index (χ0v) is 12.7. The standard InChI is InChI=1S/C14H20ClN3O2/c1-4-7-17-13(19)9(2)18-14(20)11-8-10(15)5-6-12(11)16-3/h5-6,8-9,16H,4,7H2,1-3H3,(H,17,19)(H,18,20). The zero-order valence-electron chi connectivity index (χ0n) is 11.9. The fourth-order valence-corrected chi connectivity index (χ4v) is 1.84. The van der Waals surface area contributed by atoms with E-state index < -0.39 is 6.04 Å². The second kappa shape index (κ2) is 7.75. The Morgan fingerprint density at radius 3 is 2.65 bits per heavy atom. The lowest BCUT2D eigenvalue weighted by molar-refractivity contribution is -0.122. The van der Waals surface area contributed by atoms with Crippen molar-refractivity contribution in [2.75, 3.05) is 18.9 Å². The average molecular weight is 298 g/mol. The molecule has 3 N–H and O–H groups in total. The normalized spacial score (nSPS) is 11.6. The molecule has 6 heteroatoms. The number of amides is 2. The van der Waals surface area contributed by atoms with Crippen LogP contribution in [0, 0.1) is 0 Å². The van der Waals surface area contributed by atoms with E-state index >= 15 is 0 Å². The molecule has 0 spiro atoms. The van der Waals surface area contributed by atoms with Crippen molar-refractivity contribution >= 4 is 29.1 Å². The van der Waals surface area contributed by atoms with E-state index in [0.717, 1.165) is 6.42 Å². The molecule has 1 aromatic rings. The Labute approximate surface area is 124 Å². The lowest BCUT2D eigenvalue weighted by atomic mass is 10.1. The molecule has 110 valence electrons. The molecule has 0 radical (unpaired) electrons. The van der Waals surface area contributed by atoms with Crippen molar-refractivity contribution in [3.05, 3.63) is 28.8 Å². The van der Waals surface area contributed by atoms with Crippen LogP contribution in [0.4, 0.5) is 5.69 Å². The van der Waals surface area contributed by atoms with Gasteiger partial charge in [-0.2, -0.15) is 0 Å². The second-order valence-electron chi connectivity index (χ2n) is 4.43. The number of benzene rings is 1. The summed E-state index contributed by atoms with van der Waals surface area (Å²) < 4.78 is 0. The molecular formula is C14H20ClN3O2. The van der Waals surface area contributed by atoms with Gasteiger partial charge in [-0.1, -0.05) is 18.5 Å². The van der Waals surface area contributed by atoms with Crippen molar-refractivity contribution in [1.82, 2.24) is 10.6 Å². The molecule has 0 bridgehead atoms. The number of nitrogens with one attached hydrogen (secondary N) is 3. The predicted molar refractivity (Wildman–Crippen MR) is 81.2 cm³/mol. The molecule has 20 heavy (non-hydrogen) atoms. The van der Waals surface area contributed by atoms with Gasteiger partial charge < -0.3 is 16.0 Å². The minimum Gasteiger partial charge on any atom is -0.387 e. The summed E-state index contributed by atoms with van der Waals surface area (Å²) in [6.45, 7) is 4.21. The maximum Gasteiger partial charge on any atom is 0.254 e. The summed E-state index contributed by atoms with van der Waals surface area (Å²) in [5.41, 5.74) is 1.07. The van der Waals surface area contributed by atoms with E-state index in [4.69, 9.17) is 11.6 Å². The fraction of sp³-hybridized carbons (Fsp3) is 0.429. The van der Waals surface area contributed by atoms with E-state index in [2.05, 4.69) is 16.0 Å². The van der Waals surface area contributed by atoms with Gasteiger partial charge in [-0.05, 0) is 31.5 Å². The molecule has 0 heterocycles. The van der Waals surface area contributed by atoms with Crippen molar-refractivity contribution in [3.8, 4) is 0 Å². The third-order valence-corrected chi connectivity index (χ3v) is 3.02. The van der Waals surface area contributed by atoms with Crippen LogP contribution in [0.15, 0.2) is 18.2 Å². The quantitative estimate of drug-likeness (QED) is 0.752. The number of hydrogen-bond donors (Lipinski definition) is 3. The molecule has 0 aliphatic carbocycles. The Kier molecular flexibility index (Phi) is 6.31. The summed E-state index contributed by atoms with van der Waals surface area (Å²) >= 11 is 5.90. The van der Waals surface area contributed by atoms with Gasteiger partial charge in [0.1, 0.15) is 6.04 Å². The Morgan fingerprint density at radius 2 is 2.05 bits per heavy atom. The summed E-state index contributed by atoms with van der Waals surface area (Å²) in [5.74, 6) is -0.538. The molecule has 0 aromatic heterocycles. The van der Waals surface area contributed by atoms with Crippen LogP contribution in [0.25, 0.3) is 0 Å². The highest BCUT2D eigenvalue weighted by Crippen LogP contribution is 2.20. The Bertz CT molecular complexity index is 491.